The summed E-state index contributed by atoms with van der Waals surface area (Å²) in [6.07, 6.45) is 0. The smallest absolute Gasteiger partial charge is 0.267 e. The van der Waals surface area contributed by atoms with E-state index in [0.29, 0.717) is 16.6 Å². The molecule has 0 radical (unpaired) electrons. The van der Waals surface area contributed by atoms with Crippen LogP contribution in [-0.4, -0.2) is 16.8 Å². The topological polar surface area (TPSA) is 71.1 Å². The van der Waals surface area contributed by atoms with Gasteiger partial charge in [-0.1, -0.05) is 0 Å². The third-order valence-electron chi connectivity index (χ3n) is 3.39. The van der Waals surface area contributed by atoms with Gasteiger partial charge < -0.3 is 5.32 Å². The number of carbonyl (C=O) groups excluding carboxylic acids is 2. The van der Waals surface area contributed by atoms with Crippen molar-refractivity contribution in [3.05, 3.63) is 43.8 Å². The molecule has 0 aliphatic carbocycles. The Morgan fingerprint density at radius 2 is 1.88 bits per heavy atom. The van der Waals surface area contributed by atoms with Crippen molar-refractivity contribution in [3.63, 3.8) is 0 Å². The maximum Gasteiger partial charge on any atom is 0.267 e. The van der Waals surface area contributed by atoms with Gasteiger partial charge in [0, 0.05) is 21.6 Å². The van der Waals surface area contributed by atoms with E-state index in [9.17, 15) is 9.59 Å². The van der Waals surface area contributed by atoms with E-state index in [-0.39, 0.29) is 11.8 Å². The Balaban J connectivity index is 1.70. The number of aromatic nitrogens is 1. The fraction of sp³-hybridized carbons (Fsp3) is 0.235. The summed E-state index contributed by atoms with van der Waals surface area (Å²) in [5, 5.41) is 6.19. The summed E-state index contributed by atoms with van der Waals surface area (Å²) in [5.74, 6) is -0.268. The van der Waals surface area contributed by atoms with Gasteiger partial charge in [-0.3, -0.25) is 14.9 Å². The Morgan fingerprint density at radius 1 is 1.08 bits per heavy atom. The van der Waals surface area contributed by atoms with E-state index in [2.05, 4.69) is 34.7 Å². The molecule has 3 aromatic heterocycles. The summed E-state index contributed by atoms with van der Waals surface area (Å²) >= 11 is 4.53. The minimum atomic E-state index is -0.179. The first-order chi connectivity index (χ1) is 11.9. The first kappa shape index (κ1) is 17.8. The number of rotatable bonds is 5. The van der Waals surface area contributed by atoms with Crippen LogP contribution in [0.1, 0.15) is 31.2 Å². The largest absolute Gasteiger partial charge is 0.351 e. The zero-order valence-corrected chi connectivity index (χ0v) is 16.5. The van der Waals surface area contributed by atoms with Crippen LogP contribution in [0.4, 0.5) is 5.13 Å². The van der Waals surface area contributed by atoms with E-state index in [1.165, 1.54) is 34.5 Å². The van der Waals surface area contributed by atoms with Crippen molar-refractivity contribution in [2.75, 3.05) is 5.32 Å². The standard InChI is InChI=1S/C17H17N3O2S3/c1-9-4-6-13(23-9)15-10(2)24-17(19-15)20-16(22)14-7-5-12(25-14)8-18-11(3)21/h4-7H,8H2,1-3H3,(H,18,21)(H,19,20,22). The summed E-state index contributed by atoms with van der Waals surface area (Å²) in [6.45, 7) is 5.98. The van der Waals surface area contributed by atoms with Crippen LogP contribution in [0.2, 0.25) is 0 Å². The first-order valence-corrected chi connectivity index (χ1v) is 10.1. The highest BCUT2D eigenvalue weighted by molar-refractivity contribution is 7.18. The van der Waals surface area contributed by atoms with Crippen molar-refractivity contribution in [2.45, 2.75) is 27.3 Å². The molecular formula is C17H17N3O2S3. The zero-order chi connectivity index (χ0) is 18.0. The fourth-order valence-electron chi connectivity index (χ4n) is 2.21. The average Bonchev–Trinajstić information content (AvgIpc) is 3.25. The van der Waals surface area contributed by atoms with Crippen molar-refractivity contribution >= 4 is 51.0 Å². The minimum absolute atomic E-state index is 0.0889. The Morgan fingerprint density at radius 3 is 2.56 bits per heavy atom. The van der Waals surface area contributed by atoms with Crippen molar-refractivity contribution < 1.29 is 9.59 Å². The second kappa shape index (κ2) is 7.47. The summed E-state index contributed by atoms with van der Waals surface area (Å²) in [6, 6.07) is 7.74. The predicted molar refractivity (Wildman–Crippen MR) is 105 cm³/mol. The predicted octanol–water partition coefficient (Wildman–Crippen LogP) is 4.44. The lowest BCUT2D eigenvalue weighted by Crippen LogP contribution is -2.18. The number of anilines is 1. The monoisotopic (exact) mass is 391 g/mol. The number of nitrogens with zero attached hydrogens (tertiary/aromatic N) is 1. The molecule has 8 heteroatoms. The van der Waals surface area contributed by atoms with E-state index >= 15 is 0 Å². The molecule has 25 heavy (non-hydrogen) atoms. The molecule has 0 saturated carbocycles. The quantitative estimate of drug-likeness (QED) is 0.675. The Kier molecular flexibility index (Phi) is 5.31. The van der Waals surface area contributed by atoms with Gasteiger partial charge in [-0.15, -0.1) is 34.0 Å². The SMILES string of the molecule is CC(=O)NCc1ccc(C(=O)Nc2nc(-c3ccc(C)s3)c(C)s2)s1. The van der Waals surface area contributed by atoms with Crippen molar-refractivity contribution in [1.82, 2.24) is 10.3 Å². The van der Waals surface area contributed by atoms with Crippen LogP contribution in [0.25, 0.3) is 10.6 Å². The number of nitrogens with one attached hydrogen (secondary N) is 2. The normalized spacial score (nSPS) is 10.7. The third kappa shape index (κ3) is 4.33. The van der Waals surface area contributed by atoms with Gasteiger partial charge >= 0.3 is 0 Å². The highest BCUT2D eigenvalue weighted by Crippen LogP contribution is 2.34. The zero-order valence-electron chi connectivity index (χ0n) is 14.0. The molecule has 130 valence electrons. The number of thiazole rings is 1. The number of hydrogen-bond donors (Lipinski definition) is 2. The fourth-order valence-corrected chi connectivity index (χ4v) is 4.85. The van der Waals surface area contributed by atoms with Crippen LogP contribution in [0.15, 0.2) is 24.3 Å². The number of thiophene rings is 2. The lowest BCUT2D eigenvalue weighted by molar-refractivity contribution is -0.119. The molecule has 0 unspecified atom stereocenters. The van der Waals surface area contributed by atoms with E-state index in [1.54, 1.807) is 17.4 Å². The van der Waals surface area contributed by atoms with Crippen molar-refractivity contribution in [2.24, 2.45) is 0 Å². The van der Waals surface area contributed by atoms with E-state index in [0.717, 1.165) is 20.3 Å². The van der Waals surface area contributed by atoms with Crippen molar-refractivity contribution in [1.29, 1.82) is 0 Å². The highest BCUT2D eigenvalue weighted by atomic mass is 32.1. The molecule has 3 heterocycles. The van der Waals surface area contributed by atoms with Gasteiger partial charge in [0.25, 0.3) is 5.91 Å². The lowest BCUT2D eigenvalue weighted by Gasteiger charge is -1.99. The van der Waals surface area contributed by atoms with E-state index in [4.69, 9.17) is 0 Å². The number of hydrogen-bond acceptors (Lipinski definition) is 6. The molecule has 0 bridgehead atoms. The molecule has 3 aromatic rings. The highest BCUT2D eigenvalue weighted by Gasteiger charge is 2.15. The minimum Gasteiger partial charge on any atom is -0.351 e. The van der Waals surface area contributed by atoms with Crippen molar-refractivity contribution in [3.8, 4) is 10.6 Å². The van der Waals surface area contributed by atoms with Crippen LogP contribution >= 0.6 is 34.0 Å². The molecule has 2 amide bonds. The molecule has 2 N–H and O–H groups in total. The van der Waals surface area contributed by atoms with Gasteiger partial charge in [-0.05, 0) is 38.1 Å². The lowest BCUT2D eigenvalue weighted by atomic mass is 10.3. The van der Waals surface area contributed by atoms with Gasteiger partial charge in [0.2, 0.25) is 5.91 Å². The second-order valence-corrected chi connectivity index (χ2v) is 9.12. The Labute approximate surface area is 157 Å². The molecule has 0 saturated heterocycles. The Hall–Kier alpha value is -2.03. The first-order valence-electron chi connectivity index (χ1n) is 7.61. The van der Waals surface area contributed by atoms with Crippen LogP contribution in [0.5, 0.6) is 0 Å². The molecule has 0 atom stereocenters. The molecular weight excluding hydrogens is 374 g/mol. The summed E-state index contributed by atoms with van der Waals surface area (Å²) in [4.78, 5) is 32.9. The third-order valence-corrected chi connectivity index (χ3v) is 6.37. The summed E-state index contributed by atoms with van der Waals surface area (Å²) in [7, 11) is 0. The maximum atomic E-state index is 12.4. The van der Waals surface area contributed by atoms with Crippen LogP contribution < -0.4 is 10.6 Å². The van der Waals surface area contributed by atoms with E-state index < -0.39 is 0 Å². The second-order valence-electron chi connectivity index (χ2n) is 5.46. The molecule has 0 spiro atoms. The van der Waals surface area contributed by atoms with Gasteiger partial charge in [-0.2, -0.15) is 0 Å². The van der Waals surface area contributed by atoms with Crippen LogP contribution in [0.3, 0.4) is 0 Å². The molecule has 0 aliphatic heterocycles. The molecule has 5 nitrogen and oxygen atoms in total. The molecule has 0 fully saturated rings. The number of carbonyl (C=O) groups is 2. The molecule has 3 rings (SSSR count). The van der Waals surface area contributed by atoms with E-state index in [1.807, 2.05) is 13.0 Å². The number of aryl methyl sites for hydroxylation is 2. The van der Waals surface area contributed by atoms with Gasteiger partial charge in [-0.25, -0.2) is 4.98 Å². The summed E-state index contributed by atoms with van der Waals surface area (Å²) in [5.41, 5.74) is 0.927. The van der Waals surface area contributed by atoms with Gasteiger partial charge in [0.05, 0.1) is 22.0 Å². The maximum absolute atomic E-state index is 12.4. The van der Waals surface area contributed by atoms with Gasteiger partial charge in [0.1, 0.15) is 0 Å². The molecule has 0 aliphatic rings. The Bertz CT molecular complexity index is 923. The average molecular weight is 392 g/mol. The summed E-state index contributed by atoms with van der Waals surface area (Å²) < 4.78 is 0. The number of amides is 2. The molecule has 0 aromatic carbocycles. The van der Waals surface area contributed by atoms with Crippen LogP contribution in [0, 0.1) is 13.8 Å². The van der Waals surface area contributed by atoms with Gasteiger partial charge in [0.15, 0.2) is 5.13 Å². The van der Waals surface area contributed by atoms with Crippen LogP contribution in [-0.2, 0) is 11.3 Å².